The van der Waals surface area contributed by atoms with Gasteiger partial charge >= 0.3 is 0 Å². The average Bonchev–Trinajstić information content (AvgIpc) is 2.18. The fraction of sp³-hybridized carbons (Fsp3) is 1.00. The molecule has 1 N–H and O–H groups in total. The van der Waals surface area contributed by atoms with E-state index in [9.17, 15) is 0 Å². The molecule has 1 aliphatic heterocycles. The minimum atomic E-state index is -0.0490. The second-order valence-corrected chi connectivity index (χ2v) is 6.42. The Morgan fingerprint density at radius 1 is 1.13 bits per heavy atom. The van der Waals surface area contributed by atoms with Crippen LogP contribution in [0.25, 0.3) is 0 Å². The van der Waals surface area contributed by atoms with Crippen LogP contribution in [0, 0.1) is 5.92 Å². The number of hydrogen-bond acceptors (Lipinski definition) is 2. The zero-order chi connectivity index (χ0) is 11.9. The van der Waals surface area contributed by atoms with Gasteiger partial charge in [-0.15, -0.1) is 0 Å². The van der Waals surface area contributed by atoms with Gasteiger partial charge < -0.3 is 10.1 Å². The molecular formula is C13H27NO. The zero-order valence-electron chi connectivity index (χ0n) is 11.3. The molecule has 1 aliphatic rings. The van der Waals surface area contributed by atoms with E-state index in [1.807, 2.05) is 0 Å². The van der Waals surface area contributed by atoms with Gasteiger partial charge in [-0.2, -0.15) is 0 Å². The molecule has 2 atom stereocenters. The van der Waals surface area contributed by atoms with Gasteiger partial charge in [0.15, 0.2) is 0 Å². The summed E-state index contributed by atoms with van der Waals surface area (Å²) in [4.78, 5) is 0. The molecule has 0 aliphatic carbocycles. The largest absolute Gasteiger partial charge is 0.368 e. The van der Waals surface area contributed by atoms with Crippen molar-refractivity contribution in [2.45, 2.75) is 78.2 Å². The Kier molecular flexibility index (Phi) is 3.52. The van der Waals surface area contributed by atoms with Crippen LogP contribution in [-0.2, 0) is 4.74 Å². The maximum Gasteiger partial charge on any atom is 0.0787 e. The highest BCUT2D eigenvalue weighted by Crippen LogP contribution is 2.37. The Morgan fingerprint density at radius 3 is 2.00 bits per heavy atom. The van der Waals surface area contributed by atoms with Crippen molar-refractivity contribution in [3.8, 4) is 0 Å². The number of ether oxygens (including phenoxy) is 1. The van der Waals surface area contributed by atoms with Gasteiger partial charge in [-0.3, -0.25) is 0 Å². The molecule has 0 aromatic carbocycles. The van der Waals surface area contributed by atoms with Crippen molar-refractivity contribution in [2.24, 2.45) is 5.92 Å². The predicted molar refractivity (Wildman–Crippen MR) is 65.1 cm³/mol. The van der Waals surface area contributed by atoms with Crippen LogP contribution in [0.4, 0.5) is 0 Å². The van der Waals surface area contributed by atoms with E-state index in [1.54, 1.807) is 0 Å². The summed E-state index contributed by atoms with van der Waals surface area (Å²) in [6.45, 7) is 15.5. The fourth-order valence-electron chi connectivity index (χ4n) is 2.33. The fourth-order valence-corrected chi connectivity index (χ4v) is 2.33. The Hall–Kier alpha value is -0.0800. The van der Waals surface area contributed by atoms with Crippen LogP contribution in [0.15, 0.2) is 0 Å². The molecule has 0 aromatic heterocycles. The van der Waals surface area contributed by atoms with Crippen molar-refractivity contribution in [3.05, 3.63) is 0 Å². The third kappa shape index (κ3) is 3.18. The molecule has 0 saturated carbocycles. The highest BCUT2D eigenvalue weighted by Gasteiger charge is 2.46. The van der Waals surface area contributed by atoms with Gasteiger partial charge in [0.05, 0.1) is 11.2 Å². The van der Waals surface area contributed by atoms with Crippen LogP contribution in [0.2, 0.25) is 0 Å². The van der Waals surface area contributed by atoms with Crippen molar-refractivity contribution in [1.29, 1.82) is 0 Å². The predicted octanol–water partition coefficient (Wildman–Crippen LogP) is 2.97. The average molecular weight is 213 g/mol. The Bertz CT molecular complexity index is 221. The molecule has 0 amide bonds. The lowest BCUT2D eigenvalue weighted by atomic mass is 9.92. The molecule has 0 aromatic rings. The standard InChI is InChI=1S/C13H27NO/c1-9(2)10(3)14-11-8-12(4,5)15-13(11,6)7/h9-11,14H,8H2,1-7H3/t10-,11+/m0/s1. The Labute approximate surface area is 94.8 Å². The van der Waals surface area contributed by atoms with E-state index >= 15 is 0 Å². The number of nitrogens with one attached hydrogen (secondary N) is 1. The molecular weight excluding hydrogens is 186 g/mol. The van der Waals surface area contributed by atoms with Gasteiger partial charge in [0.2, 0.25) is 0 Å². The zero-order valence-corrected chi connectivity index (χ0v) is 11.3. The molecule has 1 heterocycles. The van der Waals surface area contributed by atoms with Crippen LogP contribution in [0.1, 0.15) is 54.9 Å². The van der Waals surface area contributed by atoms with Gasteiger partial charge in [0.1, 0.15) is 0 Å². The van der Waals surface area contributed by atoms with Crippen LogP contribution in [-0.4, -0.2) is 23.3 Å². The topological polar surface area (TPSA) is 21.3 Å². The third-order valence-electron chi connectivity index (χ3n) is 3.54. The van der Waals surface area contributed by atoms with Crippen molar-refractivity contribution in [3.63, 3.8) is 0 Å². The monoisotopic (exact) mass is 213 g/mol. The van der Waals surface area contributed by atoms with Gasteiger partial charge in [0.25, 0.3) is 0 Å². The van der Waals surface area contributed by atoms with Gasteiger partial charge in [-0.1, -0.05) is 13.8 Å². The second-order valence-electron chi connectivity index (χ2n) is 6.42. The molecule has 2 heteroatoms. The highest BCUT2D eigenvalue weighted by molar-refractivity contribution is 4.99. The van der Waals surface area contributed by atoms with Crippen LogP contribution >= 0.6 is 0 Å². The summed E-state index contributed by atoms with van der Waals surface area (Å²) < 4.78 is 6.07. The van der Waals surface area contributed by atoms with Crippen LogP contribution in [0.3, 0.4) is 0 Å². The minimum absolute atomic E-state index is 0.0118. The lowest BCUT2D eigenvalue weighted by molar-refractivity contribution is -0.0706. The van der Waals surface area contributed by atoms with E-state index in [0.29, 0.717) is 18.0 Å². The first-order valence-corrected chi connectivity index (χ1v) is 6.10. The molecule has 0 unspecified atom stereocenters. The number of hydrogen-bond donors (Lipinski definition) is 1. The van der Waals surface area contributed by atoms with E-state index in [-0.39, 0.29) is 11.2 Å². The Morgan fingerprint density at radius 2 is 1.67 bits per heavy atom. The summed E-state index contributed by atoms with van der Waals surface area (Å²) in [7, 11) is 0. The first kappa shape index (κ1) is 13.0. The minimum Gasteiger partial charge on any atom is -0.368 e. The van der Waals surface area contributed by atoms with E-state index < -0.39 is 0 Å². The van der Waals surface area contributed by atoms with E-state index in [2.05, 4.69) is 53.8 Å². The van der Waals surface area contributed by atoms with Crippen LogP contribution < -0.4 is 5.32 Å². The molecule has 1 rings (SSSR count). The van der Waals surface area contributed by atoms with E-state index in [0.717, 1.165) is 6.42 Å². The first-order chi connectivity index (χ1) is 6.64. The Balaban J connectivity index is 2.63. The third-order valence-corrected chi connectivity index (χ3v) is 3.54. The summed E-state index contributed by atoms with van der Waals surface area (Å²) in [6, 6.07) is 1.01. The van der Waals surface area contributed by atoms with Gasteiger partial charge in [-0.05, 0) is 47.0 Å². The van der Waals surface area contributed by atoms with Gasteiger partial charge in [-0.25, -0.2) is 0 Å². The normalized spacial score (nSPS) is 30.8. The lowest BCUT2D eigenvalue weighted by Crippen LogP contribution is -2.48. The van der Waals surface area contributed by atoms with Crippen molar-refractivity contribution in [2.75, 3.05) is 0 Å². The molecule has 0 bridgehead atoms. The van der Waals surface area contributed by atoms with Crippen molar-refractivity contribution >= 4 is 0 Å². The molecule has 0 radical (unpaired) electrons. The first-order valence-electron chi connectivity index (χ1n) is 6.10. The highest BCUT2D eigenvalue weighted by atomic mass is 16.5. The second kappa shape index (κ2) is 4.06. The van der Waals surface area contributed by atoms with Gasteiger partial charge in [0, 0.05) is 12.1 Å². The summed E-state index contributed by atoms with van der Waals surface area (Å²) in [5.41, 5.74) is -0.0372. The molecule has 2 nitrogen and oxygen atoms in total. The number of rotatable bonds is 3. The smallest absolute Gasteiger partial charge is 0.0787 e. The molecule has 1 fully saturated rings. The summed E-state index contributed by atoms with van der Waals surface area (Å²) in [5, 5.41) is 3.70. The van der Waals surface area contributed by atoms with E-state index in [1.165, 1.54) is 0 Å². The quantitative estimate of drug-likeness (QED) is 0.778. The van der Waals surface area contributed by atoms with Crippen LogP contribution in [0.5, 0.6) is 0 Å². The molecule has 0 spiro atoms. The van der Waals surface area contributed by atoms with E-state index in [4.69, 9.17) is 4.74 Å². The molecule has 1 saturated heterocycles. The summed E-state index contributed by atoms with van der Waals surface area (Å²) in [6.07, 6.45) is 1.09. The molecule has 15 heavy (non-hydrogen) atoms. The summed E-state index contributed by atoms with van der Waals surface area (Å²) >= 11 is 0. The maximum atomic E-state index is 6.07. The molecule has 90 valence electrons. The van der Waals surface area contributed by atoms with Crippen molar-refractivity contribution < 1.29 is 4.74 Å². The summed E-state index contributed by atoms with van der Waals surface area (Å²) in [5.74, 6) is 0.671. The SMILES string of the molecule is CC(C)[C@H](C)N[C@@H]1CC(C)(C)OC1(C)C. The lowest BCUT2D eigenvalue weighted by Gasteiger charge is -2.31. The maximum absolute atomic E-state index is 6.07. The van der Waals surface area contributed by atoms with Crippen molar-refractivity contribution in [1.82, 2.24) is 5.32 Å².